The molecule has 10 heteroatoms. The molecule has 0 aliphatic carbocycles. The molecule has 8 nitrogen and oxygen atoms in total. The highest BCUT2D eigenvalue weighted by molar-refractivity contribution is 7.91. The van der Waals surface area contributed by atoms with E-state index in [2.05, 4.69) is 31.0 Å². The minimum absolute atomic E-state index is 0.0589. The van der Waals surface area contributed by atoms with Crippen molar-refractivity contribution in [3.63, 3.8) is 0 Å². The van der Waals surface area contributed by atoms with Gasteiger partial charge in [0.25, 0.3) is 0 Å². The Morgan fingerprint density at radius 2 is 1.73 bits per heavy atom. The van der Waals surface area contributed by atoms with Gasteiger partial charge in [-0.1, -0.05) is 56.8 Å². The zero-order chi connectivity index (χ0) is 32.4. The first-order valence-electron chi connectivity index (χ1n) is 15.9. The number of benzene rings is 2. The Hall–Kier alpha value is -3.21. The van der Waals surface area contributed by atoms with Crippen LogP contribution in [0.4, 0.5) is 0 Å². The molecule has 1 aliphatic heterocycles. The zero-order valence-corrected chi connectivity index (χ0v) is 28.1. The quantitative estimate of drug-likeness (QED) is 0.201. The predicted octanol–water partition coefficient (Wildman–Crippen LogP) is 5.14. The van der Waals surface area contributed by atoms with Crippen LogP contribution in [0.5, 0.6) is 0 Å². The van der Waals surface area contributed by atoms with Crippen LogP contribution in [0, 0.1) is 5.92 Å². The number of aromatic nitrogens is 1. The average Bonchev–Trinajstić information content (AvgIpc) is 3.42. The second kappa shape index (κ2) is 16.4. The number of sulfone groups is 1. The van der Waals surface area contributed by atoms with Gasteiger partial charge in [0.05, 0.1) is 32.6 Å². The lowest BCUT2D eigenvalue weighted by Gasteiger charge is -2.27. The second-order valence-electron chi connectivity index (χ2n) is 12.0. The van der Waals surface area contributed by atoms with Gasteiger partial charge in [-0.15, -0.1) is 11.3 Å². The molecule has 0 saturated carbocycles. The Balaban J connectivity index is 1.45. The number of hydrogen-bond acceptors (Lipinski definition) is 8. The van der Waals surface area contributed by atoms with Gasteiger partial charge < -0.3 is 5.32 Å². The summed E-state index contributed by atoms with van der Waals surface area (Å²) < 4.78 is 24.6. The van der Waals surface area contributed by atoms with E-state index in [4.69, 9.17) is 4.98 Å². The molecule has 2 atom stereocenters. The average molecular weight is 652 g/mol. The minimum Gasteiger partial charge on any atom is -0.353 e. The van der Waals surface area contributed by atoms with Gasteiger partial charge >= 0.3 is 0 Å². The van der Waals surface area contributed by atoms with Crippen LogP contribution < -0.4 is 5.32 Å². The second-order valence-corrected chi connectivity index (χ2v) is 15.5. The van der Waals surface area contributed by atoms with Gasteiger partial charge in [-0.2, -0.15) is 0 Å². The molecule has 1 amide bonds. The van der Waals surface area contributed by atoms with Crippen LogP contribution in [0.3, 0.4) is 0 Å². The fourth-order valence-corrected chi connectivity index (χ4v) is 8.03. The molecule has 242 valence electrons. The molecule has 3 aromatic rings. The Kier molecular flexibility index (Phi) is 12.6. The highest BCUT2D eigenvalue weighted by Gasteiger charge is 2.27. The number of amides is 1. The maximum atomic E-state index is 13.9. The summed E-state index contributed by atoms with van der Waals surface area (Å²) in [5.41, 5.74) is 3.62. The van der Waals surface area contributed by atoms with E-state index < -0.39 is 15.8 Å². The molecule has 1 fully saturated rings. The third-order valence-electron chi connectivity index (χ3n) is 8.34. The SMILES string of the molecule is C=C(CN1CCS(=O)(=O)CC1)C(=O)CC[C@H](Cc1ccccc1)NC(=O)[C@@H](CC(=O)CCC)Cc1nc2ccc(CC)cc2s1. The van der Waals surface area contributed by atoms with Crippen LogP contribution in [0.2, 0.25) is 0 Å². The van der Waals surface area contributed by atoms with Crippen molar-refractivity contribution in [2.45, 2.75) is 71.3 Å². The monoisotopic (exact) mass is 651 g/mol. The first kappa shape index (κ1) is 34.7. The van der Waals surface area contributed by atoms with E-state index in [9.17, 15) is 22.8 Å². The standard InChI is InChI=1S/C35H45N3O5S2/c1-4-9-30(39)22-28(23-34-37-31-14-12-26(5-2)21-33(31)44-34)35(41)36-29(20-27-10-7-6-8-11-27)13-15-32(40)25(3)24-38-16-18-45(42,43)19-17-38/h6-8,10-12,14,21,28-29H,3-5,9,13,15-20,22-24H2,1-2H3,(H,36,41)/t28-,29+/m0/s1. The topological polar surface area (TPSA) is 114 Å². The van der Waals surface area contributed by atoms with Crippen molar-refractivity contribution in [3.8, 4) is 0 Å². The molecule has 1 saturated heterocycles. The Labute approximate surface area is 271 Å². The number of rotatable bonds is 17. The van der Waals surface area contributed by atoms with Gasteiger partial charge in [-0.25, -0.2) is 13.4 Å². The Morgan fingerprint density at radius 3 is 2.42 bits per heavy atom. The number of ketones is 2. The number of aryl methyl sites for hydroxylation is 1. The predicted molar refractivity (Wildman–Crippen MR) is 181 cm³/mol. The van der Waals surface area contributed by atoms with E-state index in [0.29, 0.717) is 50.9 Å². The molecule has 2 heterocycles. The number of hydrogen-bond donors (Lipinski definition) is 1. The lowest BCUT2D eigenvalue weighted by Crippen LogP contribution is -2.42. The molecule has 2 aromatic carbocycles. The van der Waals surface area contributed by atoms with Crippen LogP contribution in [0.15, 0.2) is 60.7 Å². The van der Waals surface area contributed by atoms with E-state index in [1.165, 1.54) is 5.56 Å². The third-order valence-corrected chi connectivity index (χ3v) is 11.0. The number of carbonyl (C=O) groups excluding carboxylic acids is 3. The highest BCUT2D eigenvalue weighted by atomic mass is 32.2. The van der Waals surface area contributed by atoms with E-state index in [1.807, 2.05) is 48.2 Å². The summed E-state index contributed by atoms with van der Waals surface area (Å²) in [6, 6.07) is 15.7. The highest BCUT2D eigenvalue weighted by Crippen LogP contribution is 2.27. The van der Waals surface area contributed by atoms with Gasteiger partial charge in [0.1, 0.15) is 5.78 Å². The molecule has 45 heavy (non-hydrogen) atoms. The molecular weight excluding hydrogens is 607 g/mol. The molecular formula is C35H45N3O5S2. The summed E-state index contributed by atoms with van der Waals surface area (Å²) in [4.78, 5) is 46.5. The summed E-state index contributed by atoms with van der Waals surface area (Å²) in [6.07, 6.45) is 3.79. The van der Waals surface area contributed by atoms with Crippen LogP contribution >= 0.6 is 11.3 Å². The van der Waals surface area contributed by atoms with Crippen molar-refractivity contribution in [1.82, 2.24) is 15.2 Å². The maximum absolute atomic E-state index is 13.9. The molecule has 1 N–H and O–H groups in total. The van der Waals surface area contributed by atoms with Crippen LogP contribution in [-0.4, -0.2) is 73.0 Å². The Bertz CT molecular complexity index is 1590. The summed E-state index contributed by atoms with van der Waals surface area (Å²) in [5, 5.41) is 4.03. The minimum atomic E-state index is -3.00. The molecule has 0 spiro atoms. The zero-order valence-electron chi connectivity index (χ0n) is 26.4. The molecule has 1 aromatic heterocycles. The van der Waals surface area contributed by atoms with Gasteiger partial charge in [-0.3, -0.25) is 19.3 Å². The van der Waals surface area contributed by atoms with Gasteiger partial charge in [0, 0.05) is 56.9 Å². The fraction of sp³-hybridized carbons (Fsp3) is 0.486. The summed E-state index contributed by atoms with van der Waals surface area (Å²) in [6.45, 7) is 9.20. The number of nitrogens with zero attached hydrogens (tertiary/aromatic N) is 2. The van der Waals surface area contributed by atoms with Crippen molar-refractivity contribution >= 4 is 48.9 Å². The van der Waals surface area contributed by atoms with Gasteiger partial charge in [0.15, 0.2) is 15.6 Å². The summed E-state index contributed by atoms with van der Waals surface area (Å²) in [7, 11) is -3.00. The number of fused-ring (bicyclic) bond motifs is 1. The van der Waals surface area contributed by atoms with Crippen molar-refractivity contribution < 1.29 is 22.8 Å². The first-order chi connectivity index (χ1) is 21.5. The fourth-order valence-electron chi connectivity index (χ4n) is 5.64. The molecule has 0 radical (unpaired) electrons. The third kappa shape index (κ3) is 10.7. The lowest BCUT2D eigenvalue weighted by atomic mass is 9.94. The lowest BCUT2D eigenvalue weighted by molar-refractivity contribution is -0.130. The van der Waals surface area contributed by atoms with Crippen molar-refractivity contribution in [2.75, 3.05) is 31.1 Å². The molecule has 0 unspecified atom stereocenters. The van der Waals surface area contributed by atoms with E-state index in [-0.39, 0.29) is 47.9 Å². The van der Waals surface area contributed by atoms with Crippen LogP contribution in [0.25, 0.3) is 10.2 Å². The number of carbonyl (C=O) groups is 3. The number of nitrogens with one attached hydrogen (secondary N) is 1. The largest absolute Gasteiger partial charge is 0.353 e. The number of Topliss-reactive ketones (excluding diaryl/α,β-unsaturated/α-hetero) is 2. The first-order valence-corrected chi connectivity index (χ1v) is 18.6. The normalized spacial score (nSPS) is 16.2. The number of thiazole rings is 1. The van der Waals surface area contributed by atoms with Crippen LogP contribution in [0.1, 0.15) is 62.1 Å². The molecule has 4 rings (SSSR count). The van der Waals surface area contributed by atoms with Gasteiger partial charge in [-0.05, 0) is 48.9 Å². The van der Waals surface area contributed by atoms with Crippen molar-refractivity contribution in [1.29, 1.82) is 0 Å². The van der Waals surface area contributed by atoms with Gasteiger partial charge in [0.2, 0.25) is 5.91 Å². The van der Waals surface area contributed by atoms with E-state index in [0.717, 1.165) is 33.6 Å². The molecule has 0 bridgehead atoms. The van der Waals surface area contributed by atoms with E-state index in [1.54, 1.807) is 11.3 Å². The van der Waals surface area contributed by atoms with Crippen molar-refractivity contribution in [3.05, 3.63) is 76.8 Å². The van der Waals surface area contributed by atoms with E-state index >= 15 is 0 Å². The summed E-state index contributed by atoms with van der Waals surface area (Å²) >= 11 is 1.57. The maximum Gasteiger partial charge on any atom is 0.224 e. The van der Waals surface area contributed by atoms with Crippen molar-refractivity contribution in [2.24, 2.45) is 5.92 Å². The summed E-state index contributed by atoms with van der Waals surface area (Å²) in [5.74, 6) is -0.601. The molecule has 1 aliphatic rings. The Morgan fingerprint density at radius 1 is 1.00 bits per heavy atom. The van der Waals surface area contributed by atoms with Crippen LogP contribution in [-0.2, 0) is 43.5 Å². The smallest absolute Gasteiger partial charge is 0.224 e.